The summed E-state index contributed by atoms with van der Waals surface area (Å²) in [6.07, 6.45) is 0. The highest BCUT2D eigenvalue weighted by atomic mass is 35.5. The summed E-state index contributed by atoms with van der Waals surface area (Å²) in [4.78, 5) is 2.14. The van der Waals surface area contributed by atoms with Crippen LogP contribution in [0, 0.1) is 4.77 Å². The Labute approximate surface area is 174 Å². The summed E-state index contributed by atoms with van der Waals surface area (Å²) in [5.74, 6) is 2.21. The van der Waals surface area contributed by atoms with Crippen LogP contribution in [-0.4, -0.2) is 33.4 Å². The molecular weight excluding hydrogens is 396 g/mol. The summed E-state index contributed by atoms with van der Waals surface area (Å²) >= 11 is 11.7. The van der Waals surface area contributed by atoms with Gasteiger partial charge in [0.1, 0.15) is 18.1 Å². The molecular formula is C20H23ClN4O2S. The number of methoxy groups -OCH3 is 1. The van der Waals surface area contributed by atoms with E-state index in [1.807, 2.05) is 49.0 Å². The lowest BCUT2D eigenvalue weighted by Gasteiger charge is -2.16. The van der Waals surface area contributed by atoms with Crippen molar-refractivity contribution in [3.05, 3.63) is 69.7 Å². The average Bonchev–Trinajstić information content (AvgIpc) is 2.96. The van der Waals surface area contributed by atoms with Crippen molar-refractivity contribution in [2.45, 2.75) is 19.8 Å². The molecule has 3 aromatic rings. The van der Waals surface area contributed by atoms with Gasteiger partial charge in [-0.3, -0.25) is 4.90 Å². The Morgan fingerprint density at radius 1 is 1.14 bits per heavy atom. The molecule has 0 aliphatic heterocycles. The van der Waals surface area contributed by atoms with Crippen LogP contribution in [0.15, 0.2) is 48.5 Å². The standard InChI is InChI=1S/C20H23ClN4O2S/c1-23(12-15-8-10-16(26-3)11-9-15)14-25-20(28)24(2)19(22-25)13-27-18-7-5-4-6-17(18)21/h4-11H,12-14H2,1-3H3. The van der Waals surface area contributed by atoms with Gasteiger partial charge in [0.15, 0.2) is 10.6 Å². The molecule has 148 valence electrons. The second-order valence-corrected chi connectivity index (χ2v) is 7.25. The maximum Gasteiger partial charge on any atom is 0.198 e. The largest absolute Gasteiger partial charge is 0.497 e. The molecule has 1 aromatic heterocycles. The van der Waals surface area contributed by atoms with Crippen LogP contribution in [0.5, 0.6) is 11.5 Å². The second kappa shape index (κ2) is 9.23. The van der Waals surface area contributed by atoms with E-state index in [9.17, 15) is 0 Å². The van der Waals surface area contributed by atoms with Crippen LogP contribution < -0.4 is 9.47 Å². The van der Waals surface area contributed by atoms with Gasteiger partial charge < -0.3 is 14.0 Å². The highest BCUT2D eigenvalue weighted by Gasteiger charge is 2.11. The first-order valence-electron chi connectivity index (χ1n) is 8.79. The van der Waals surface area contributed by atoms with E-state index in [4.69, 9.17) is 33.3 Å². The molecule has 0 fully saturated rings. The Morgan fingerprint density at radius 2 is 1.86 bits per heavy atom. The van der Waals surface area contributed by atoms with Crippen molar-refractivity contribution in [3.63, 3.8) is 0 Å². The van der Waals surface area contributed by atoms with Gasteiger partial charge in [-0.15, -0.1) is 0 Å². The number of hydrogen-bond donors (Lipinski definition) is 0. The van der Waals surface area contributed by atoms with Gasteiger partial charge in [0.2, 0.25) is 0 Å². The van der Waals surface area contributed by atoms with Gasteiger partial charge in [-0.2, -0.15) is 5.10 Å². The third-order valence-corrected chi connectivity index (χ3v) is 5.11. The molecule has 2 aromatic carbocycles. The third kappa shape index (κ3) is 4.92. The predicted molar refractivity (Wildman–Crippen MR) is 112 cm³/mol. The van der Waals surface area contributed by atoms with Crippen LogP contribution >= 0.6 is 23.8 Å². The fraction of sp³-hybridized carbons (Fsp3) is 0.300. The van der Waals surface area contributed by atoms with Crippen molar-refractivity contribution in [1.82, 2.24) is 19.2 Å². The second-order valence-electron chi connectivity index (χ2n) is 6.48. The van der Waals surface area contributed by atoms with Gasteiger partial charge >= 0.3 is 0 Å². The van der Waals surface area contributed by atoms with Crippen LogP contribution in [0.4, 0.5) is 0 Å². The Bertz CT molecular complexity index is 985. The van der Waals surface area contributed by atoms with Crippen molar-refractivity contribution in [1.29, 1.82) is 0 Å². The number of para-hydroxylation sites is 1. The lowest BCUT2D eigenvalue weighted by molar-refractivity contribution is 0.240. The van der Waals surface area contributed by atoms with Crippen molar-refractivity contribution in [3.8, 4) is 11.5 Å². The molecule has 6 nitrogen and oxygen atoms in total. The number of ether oxygens (including phenoxy) is 2. The van der Waals surface area contributed by atoms with Crippen molar-refractivity contribution >= 4 is 23.8 Å². The van der Waals surface area contributed by atoms with Gasteiger partial charge in [-0.05, 0) is 49.1 Å². The first kappa shape index (κ1) is 20.4. The van der Waals surface area contributed by atoms with E-state index in [2.05, 4.69) is 22.1 Å². The van der Waals surface area contributed by atoms with Crippen molar-refractivity contribution in [2.24, 2.45) is 7.05 Å². The molecule has 0 radical (unpaired) electrons. The first-order valence-corrected chi connectivity index (χ1v) is 9.58. The topological polar surface area (TPSA) is 44.4 Å². The van der Waals surface area contributed by atoms with E-state index in [1.54, 1.807) is 17.9 Å². The van der Waals surface area contributed by atoms with E-state index < -0.39 is 0 Å². The van der Waals surface area contributed by atoms with E-state index in [0.29, 0.717) is 28.8 Å². The highest BCUT2D eigenvalue weighted by Crippen LogP contribution is 2.23. The maximum atomic E-state index is 6.14. The van der Waals surface area contributed by atoms with Gasteiger partial charge in [0.05, 0.1) is 18.8 Å². The maximum absolute atomic E-state index is 6.14. The molecule has 0 N–H and O–H groups in total. The smallest absolute Gasteiger partial charge is 0.198 e. The van der Waals surface area contributed by atoms with Crippen LogP contribution in [0.3, 0.4) is 0 Å². The molecule has 0 bridgehead atoms. The SMILES string of the molecule is COc1ccc(CN(C)Cn2nc(COc3ccccc3Cl)n(C)c2=S)cc1. The monoisotopic (exact) mass is 418 g/mol. The van der Waals surface area contributed by atoms with E-state index in [0.717, 1.165) is 18.1 Å². The molecule has 0 spiro atoms. The van der Waals surface area contributed by atoms with Gasteiger partial charge in [0.25, 0.3) is 0 Å². The normalized spacial score (nSPS) is 11.0. The molecule has 0 atom stereocenters. The molecule has 8 heteroatoms. The molecule has 1 heterocycles. The summed E-state index contributed by atoms with van der Waals surface area (Å²) in [6, 6.07) is 15.4. The summed E-state index contributed by atoms with van der Waals surface area (Å²) < 4.78 is 15.3. The zero-order valence-corrected chi connectivity index (χ0v) is 17.7. The Morgan fingerprint density at radius 3 is 2.54 bits per heavy atom. The first-order chi connectivity index (χ1) is 13.5. The molecule has 3 rings (SSSR count). The lowest BCUT2D eigenvalue weighted by atomic mass is 10.2. The minimum atomic E-state index is 0.291. The van der Waals surface area contributed by atoms with Gasteiger partial charge in [0, 0.05) is 13.6 Å². The number of halogens is 1. The molecule has 0 saturated carbocycles. The summed E-state index contributed by atoms with van der Waals surface area (Å²) in [7, 11) is 5.58. The van der Waals surface area contributed by atoms with Crippen molar-refractivity contribution < 1.29 is 9.47 Å². The molecule has 0 aliphatic carbocycles. The number of rotatable bonds is 8. The van der Waals surface area contributed by atoms with Gasteiger partial charge in [-0.1, -0.05) is 35.9 Å². The highest BCUT2D eigenvalue weighted by molar-refractivity contribution is 7.71. The summed E-state index contributed by atoms with van der Waals surface area (Å²) in [5, 5.41) is 5.18. The fourth-order valence-electron chi connectivity index (χ4n) is 2.78. The number of aromatic nitrogens is 3. The molecule has 0 amide bonds. The van der Waals surface area contributed by atoms with Crippen LogP contribution in [0.2, 0.25) is 5.02 Å². The Hall–Kier alpha value is -2.35. The Kier molecular flexibility index (Phi) is 6.72. The third-order valence-electron chi connectivity index (χ3n) is 4.31. The van der Waals surface area contributed by atoms with E-state index >= 15 is 0 Å². The molecule has 28 heavy (non-hydrogen) atoms. The van der Waals surface area contributed by atoms with Gasteiger partial charge in [-0.25, -0.2) is 4.68 Å². The number of hydrogen-bond acceptors (Lipinski definition) is 5. The average molecular weight is 419 g/mol. The minimum absolute atomic E-state index is 0.291. The quantitative estimate of drug-likeness (QED) is 0.511. The number of nitrogens with zero attached hydrogens (tertiary/aromatic N) is 4. The zero-order chi connectivity index (χ0) is 20.1. The van der Waals surface area contributed by atoms with E-state index in [1.165, 1.54) is 5.56 Å². The van der Waals surface area contributed by atoms with Crippen molar-refractivity contribution in [2.75, 3.05) is 14.2 Å². The Balaban J connectivity index is 1.64. The summed E-state index contributed by atoms with van der Waals surface area (Å²) in [5.41, 5.74) is 1.19. The number of benzene rings is 2. The minimum Gasteiger partial charge on any atom is -0.497 e. The fourth-order valence-corrected chi connectivity index (χ4v) is 3.17. The molecule has 0 saturated heterocycles. The zero-order valence-electron chi connectivity index (χ0n) is 16.1. The van der Waals surface area contributed by atoms with Crippen LogP contribution in [0.25, 0.3) is 0 Å². The van der Waals surface area contributed by atoms with Crippen LogP contribution in [0.1, 0.15) is 11.4 Å². The molecule has 0 aliphatic rings. The van der Waals surface area contributed by atoms with E-state index in [-0.39, 0.29) is 0 Å². The lowest BCUT2D eigenvalue weighted by Crippen LogP contribution is -2.22. The predicted octanol–water partition coefficient (Wildman–Crippen LogP) is 4.28. The molecule has 0 unspecified atom stereocenters. The summed E-state index contributed by atoms with van der Waals surface area (Å²) in [6.45, 7) is 1.64. The van der Waals surface area contributed by atoms with Crippen LogP contribution in [-0.2, 0) is 26.9 Å².